The summed E-state index contributed by atoms with van der Waals surface area (Å²) in [6.07, 6.45) is 1.60. The first-order chi connectivity index (χ1) is 10.1. The average molecular weight is 321 g/mol. The zero-order valence-electron chi connectivity index (χ0n) is 11.6. The average Bonchev–Trinajstić information content (AvgIpc) is 3.17. The predicted octanol–water partition coefficient (Wildman–Crippen LogP) is 2.11. The SMILES string of the molecule is Cc1ccc(C(=O)N2CCN(C(=O)c3cncs3)CC2)s1. The van der Waals surface area contributed by atoms with E-state index in [1.54, 1.807) is 16.6 Å². The Morgan fingerprint density at radius 3 is 2.14 bits per heavy atom. The number of aromatic nitrogens is 1. The van der Waals surface area contributed by atoms with Crippen LogP contribution in [-0.4, -0.2) is 52.8 Å². The lowest BCUT2D eigenvalue weighted by atomic mass is 10.2. The predicted molar refractivity (Wildman–Crippen MR) is 83.0 cm³/mol. The molecule has 110 valence electrons. The Bertz CT molecular complexity index is 643. The zero-order valence-corrected chi connectivity index (χ0v) is 13.2. The van der Waals surface area contributed by atoms with Gasteiger partial charge in [-0.15, -0.1) is 22.7 Å². The molecule has 0 atom stereocenters. The first-order valence-corrected chi connectivity index (χ1v) is 8.38. The summed E-state index contributed by atoms with van der Waals surface area (Å²) in [7, 11) is 0. The van der Waals surface area contributed by atoms with Gasteiger partial charge in [-0.25, -0.2) is 0 Å². The lowest BCUT2D eigenvalue weighted by Gasteiger charge is -2.34. The summed E-state index contributed by atoms with van der Waals surface area (Å²) < 4.78 is 0. The maximum Gasteiger partial charge on any atom is 0.265 e. The van der Waals surface area contributed by atoms with E-state index in [0.29, 0.717) is 31.1 Å². The number of aryl methyl sites for hydroxylation is 1. The van der Waals surface area contributed by atoms with Crippen molar-refractivity contribution < 1.29 is 9.59 Å². The number of thiazole rings is 1. The second-order valence-corrected chi connectivity index (χ2v) is 7.03. The number of carbonyl (C=O) groups is 2. The highest BCUT2D eigenvalue weighted by atomic mass is 32.1. The molecule has 7 heteroatoms. The maximum atomic E-state index is 12.3. The van der Waals surface area contributed by atoms with Gasteiger partial charge in [0.2, 0.25) is 0 Å². The lowest BCUT2D eigenvalue weighted by Crippen LogP contribution is -2.50. The molecular weight excluding hydrogens is 306 g/mol. The molecule has 21 heavy (non-hydrogen) atoms. The molecule has 1 saturated heterocycles. The van der Waals surface area contributed by atoms with E-state index >= 15 is 0 Å². The molecule has 0 N–H and O–H groups in total. The first kappa shape index (κ1) is 14.2. The molecule has 0 radical (unpaired) electrons. The molecular formula is C14H15N3O2S2. The van der Waals surface area contributed by atoms with Crippen molar-refractivity contribution in [2.75, 3.05) is 26.2 Å². The molecule has 1 aliphatic rings. The van der Waals surface area contributed by atoms with E-state index in [1.807, 2.05) is 24.0 Å². The van der Waals surface area contributed by atoms with Crippen molar-refractivity contribution in [3.05, 3.63) is 38.5 Å². The molecule has 1 fully saturated rings. The number of thiophene rings is 1. The van der Waals surface area contributed by atoms with Gasteiger partial charge in [0.05, 0.1) is 16.6 Å². The molecule has 0 spiro atoms. The lowest BCUT2D eigenvalue weighted by molar-refractivity contribution is 0.0540. The molecule has 2 aromatic heterocycles. The molecule has 5 nitrogen and oxygen atoms in total. The van der Waals surface area contributed by atoms with Crippen molar-refractivity contribution in [1.82, 2.24) is 14.8 Å². The standard InChI is InChI=1S/C14H15N3O2S2/c1-10-2-3-11(21-10)13(18)16-4-6-17(7-5-16)14(19)12-8-15-9-20-12/h2-3,8-9H,4-7H2,1H3. The van der Waals surface area contributed by atoms with Crippen LogP contribution in [0.15, 0.2) is 23.8 Å². The minimum atomic E-state index is 0.0107. The fourth-order valence-electron chi connectivity index (χ4n) is 2.30. The fraction of sp³-hybridized carbons (Fsp3) is 0.357. The topological polar surface area (TPSA) is 53.5 Å². The van der Waals surface area contributed by atoms with Gasteiger partial charge in [-0.1, -0.05) is 0 Å². The third-order valence-corrected chi connectivity index (χ3v) is 5.20. The van der Waals surface area contributed by atoms with Crippen molar-refractivity contribution in [2.45, 2.75) is 6.92 Å². The van der Waals surface area contributed by atoms with Crippen molar-refractivity contribution in [2.24, 2.45) is 0 Å². The maximum absolute atomic E-state index is 12.3. The molecule has 0 saturated carbocycles. The highest BCUT2D eigenvalue weighted by Crippen LogP contribution is 2.19. The number of nitrogens with zero attached hydrogens (tertiary/aromatic N) is 3. The molecule has 0 aliphatic carbocycles. The number of hydrogen-bond acceptors (Lipinski definition) is 5. The Balaban J connectivity index is 1.60. The summed E-state index contributed by atoms with van der Waals surface area (Å²) in [6.45, 7) is 4.31. The molecule has 0 aromatic carbocycles. The Hall–Kier alpha value is -1.73. The van der Waals surface area contributed by atoms with Crippen LogP contribution in [-0.2, 0) is 0 Å². The number of rotatable bonds is 2. The highest BCUT2D eigenvalue weighted by Gasteiger charge is 2.26. The fourth-order valence-corrected chi connectivity index (χ4v) is 3.72. The van der Waals surface area contributed by atoms with Gasteiger partial charge in [-0.05, 0) is 19.1 Å². The molecule has 3 heterocycles. The van der Waals surface area contributed by atoms with Gasteiger partial charge in [-0.3, -0.25) is 14.6 Å². The molecule has 0 bridgehead atoms. The molecule has 3 rings (SSSR count). The van der Waals surface area contributed by atoms with Crippen LogP contribution in [0.2, 0.25) is 0 Å². The summed E-state index contributed by atoms with van der Waals surface area (Å²) in [5.74, 6) is 0.0783. The van der Waals surface area contributed by atoms with Gasteiger partial charge < -0.3 is 9.80 Å². The largest absolute Gasteiger partial charge is 0.334 e. The van der Waals surface area contributed by atoms with Crippen LogP contribution in [0.3, 0.4) is 0 Å². The minimum absolute atomic E-state index is 0.0107. The second-order valence-electron chi connectivity index (χ2n) is 4.86. The van der Waals surface area contributed by atoms with E-state index in [4.69, 9.17) is 0 Å². The van der Waals surface area contributed by atoms with E-state index < -0.39 is 0 Å². The van der Waals surface area contributed by atoms with Crippen LogP contribution < -0.4 is 0 Å². The number of carbonyl (C=O) groups excluding carboxylic acids is 2. The summed E-state index contributed by atoms with van der Waals surface area (Å²) in [5, 5.41) is 0. The number of amides is 2. The molecule has 2 aromatic rings. The van der Waals surface area contributed by atoms with E-state index in [0.717, 1.165) is 9.75 Å². The van der Waals surface area contributed by atoms with Gasteiger partial charge >= 0.3 is 0 Å². The van der Waals surface area contributed by atoms with Crippen molar-refractivity contribution in [1.29, 1.82) is 0 Å². The Morgan fingerprint density at radius 2 is 1.67 bits per heavy atom. The minimum Gasteiger partial charge on any atom is -0.334 e. The highest BCUT2D eigenvalue weighted by molar-refractivity contribution is 7.14. The smallest absolute Gasteiger partial charge is 0.265 e. The van der Waals surface area contributed by atoms with Crippen molar-refractivity contribution >= 4 is 34.5 Å². The van der Waals surface area contributed by atoms with Gasteiger partial charge in [0.15, 0.2) is 0 Å². The second kappa shape index (κ2) is 5.95. The van der Waals surface area contributed by atoms with Gasteiger partial charge in [0.1, 0.15) is 4.88 Å². The van der Waals surface area contributed by atoms with Gasteiger partial charge in [0.25, 0.3) is 11.8 Å². The van der Waals surface area contributed by atoms with Crippen LogP contribution >= 0.6 is 22.7 Å². The van der Waals surface area contributed by atoms with E-state index in [-0.39, 0.29) is 11.8 Å². The third-order valence-electron chi connectivity index (χ3n) is 3.45. The Labute approximate surface area is 130 Å². The number of hydrogen-bond donors (Lipinski definition) is 0. The Kier molecular flexibility index (Phi) is 4.03. The normalized spacial score (nSPS) is 15.3. The van der Waals surface area contributed by atoms with E-state index in [1.165, 1.54) is 22.7 Å². The zero-order chi connectivity index (χ0) is 14.8. The van der Waals surface area contributed by atoms with Crippen LogP contribution in [0, 0.1) is 6.92 Å². The van der Waals surface area contributed by atoms with Gasteiger partial charge in [-0.2, -0.15) is 0 Å². The molecule has 0 unspecified atom stereocenters. The molecule has 1 aliphatic heterocycles. The summed E-state index contributed by atoms with van der Waals surface area (Å²) in [5.41, 5.74) is 1.66. The van der Waals surface area contributed by atoms with E-state index in [9.17, 15) is 9.59 Å². The van der Waals surface area contributed by atoms with Crippen LogP contribution in [0.4, 0.5) is 0 Å². The molecule has 2 amide bonds. The van der Waals surface area contributed by atoms with Crippen LogP contribution in [0.1, 0.15) is 24.2 Å². The van der Waals surface area contributed by atoms with E-state index in [2.05, 4.69) is 4.98 Å². The third kappa shape index (κ3) is 2.98. The van der Waals surface area contributed by atoms with Crippen molar-refractivity contribution in [3.63, 3.8) is 0 Å². The quantitative estimate of drug-likeness (QED) is 0.851. The number of piperazine rings is 1. The summed E-state index contributed by atoms with van der Waals surface area (Å²) in [6, 6.07) is 3.83. The monoisotopic (exact) mass is 321 g/mol. The summed E-state index contributed by atoms with van der Waals surface area (Å²) >= 11 is 2.87. The van der Waals surface area contributed by atoms with Crippen LogP contribution in [0.25, 0.3) is 0 Å². The van der Waals surface area contributed by atoms with Crippen molar-refractivity contribution in [3.8, 4) is 0 Å². The summed E-state index contributed by atoms with van der Waals surface area (Å²) in [4.78, 5) is 34.7. The van der Waals surface area contributed by atoms with Gasteiger partial charge in [0, 0.05) is 31.1 Å². The Morgan fingerprint density at radius 1 is 1.05 bits per heavy atom. The first-order valence-electron chi connectivity index (χ1n) is 6.68. The van der Waals surface area contributed by atoms with Crippen LogP contribution in [0.5, 0.6) is 0 Å².